The standard InChI is InChI=1S/C14H23N3O5S2/c1-11(2)16-14(18)10-17(23(3,19)20)9-8-12-4-6-13(7-5-12)24(15,21)22/h4-7,11H,8-10H2,1-3H3,(H,16,18)(H2,15,21,22). The molecule has 0 bridgehead atoms. The zero-order valence-corrected chi connectivity index (χ0v) is 15.5. The van der Waals surface area contributed by atoms with Gasteiger partial charge in [-0.3, -0.25) is 4.79 Å². The fourth-order valence-electron chi connectivity index (χ4n) is 1.99. The normalized spacial score (nSPS) is 12.6. The monoisotopic (exact) mass is 377 g/mol. The highest BCUT2D eigenvalue weighted by molar-refractivity contribution is 7.89. The molecule has 1 aromatic rings. The van der Waals surface area contributed by atoms with E-state index in [2.05, 4.69) is 5.32 Å². The third kappa shape index (κ3) is 6.95. The van der Waals surface area contributed by atoms with Gasteiger partial charge in [0.05, 0.1) is 17.7 Å². The molecule has 0 radical (unpaired) electrons. The molecule has 0 saturated carbocycles. The highest BCUT2D eigenvalue weighted by Gasteiger charge is 2.20. The van der Waals surface area contributed by atoms with Gasteiger partial charge in [-0.2, -0.15) is 4.31 Å². The molecule has 8 nitrogen and oxygen atoms in total. The van der Waals surface area contributed by atoms with Crippen LogP contribution >= 0.6 is 0 Å². The first kappa shape index (κ1) is 20.6. The molecular formula is C14H23N3O5S2. The van der Waals surface area contributed by atoms with Crippen molar-refractivity contribution < 1.29 is 21.6 Å². The van der Waals surface area contributed by atoms with Crippen molar-refractivity contribution in [2.45, 2.75) is 31.2 Å². The average Bonchev–Trinajstić information content (AvgIpc) is 2.40. The van der Waals surface area contributed by atoms with Crippen LogP contribution in [0.1, 0.15) is 19.4 Å². The number of nitrogens with one attached hydrogen (secondary N) is 1. The van der Waals surface area contributed by atoms with Crippen LogP contribution in [0.4, 0.5) is 0 Å². The van der Waals surface area contributed by atoms with Crippen molar-refractivity contribution in [2.75, 3.05) is 19.3 Å². The highest BCUT2D eigenvalue weighted by Crippen LogP contribution is 2.10. The number of carbonyl (C=O) groups is 1. The summed E-state index contributed by atoms with van der Waals surface area (Å²) in [5.41, 5.74) is 0.736. The highest BCUT2D eigenvalue weighted by atomic mass is 32.2. The Hall–Kier alpha value is -1.49. The number of carbonyl (C=O) groups excluding carboxylic acids is 1. The van der Waals surface area contributed by atoms with Crippen LogP contribution in [0.15, 0.2) is 29.2 Å². The van der Waals surface area contributed by atoms with Crippen LogP contribution < -0.4 is 10.5 Å². The second kappa shape index (κ2) is 8.06. The Balaban J connectivity index is 2.77. The van der Waals surface area contributed by atoms with E-state index in [0.717, 1.165) is 16.1 Å². The molecule has 0 fully saturated rings. The third-order valence-corrected chi connectivity index (χ3v) is 5.32. The largest absolute Gasteiger partial charge is 0.353 e. The van der Waals surface area contributed by atoms with Crippen molar-refractivity contribution in [2.24, 2.45) is 5.14 Å². The van der Waals surface area contributed by atoms with E-state index in [1.54, 1.807) is 26.0 Å². The number of nitrogens with zero attached hydrogens (tertiary/aromatic N) is 1. The minimum atomic E-state index is -3.76. The summed E-state index contributed by atoms with van der Waals surface area (Å²) in [6.45, 7) is 3.43. The van der Waals surface area contributed by atoms with Gasteiger partial charge < -0.3 is 5.32 Å². The van der Waals surface area contributed by atoms with Gasteiger partial charge in [0.15, 0.2) is 0 Å². The second-order valence-corrected chi connectivity index (χ2v) is 9.30. The molecule has 3 N–H and O–H groups in total. The second-order valence-electron chi connectivity index (χ2n) is 5.76. The lowest BCUT2D eigenvalue weighted by Gasteiger charge is -2.20. The number of benzene rings is 1. The molecule has 136 valence electrons. The number of nitrogens with two attached hydrogens (primary N) is 1. The molecule has 0 spiro atoms. The summed E-state index contributed by atoms with van der Waals surface area (Å²) >= 11 is 0. The minimum Gasteiger partial charge on any atom is -0.353 e. The fraction of sp³-hybridized carbons (Fsp3) is 0.500. The van der Waals surface area contributed by atoms with Crippen molar-refractivity contribution in [3.8, 4) is 0 Å². The summed E-state index contributed by atoms with van der Waals surface area (Å²) in [6.07, 6.45) is 1.38. The van der Waals surface area contributed by atoms with Crippen LogP contribution in [-0.2, 0) is 31.3 Å². The van der Waals surface area contributed by atoms with E-state index in [4.69, 9.17) is 5.14 Å². The lowest BCUT2D eigenvalue weighted by atomic mass is 10.1. The minimum absolute atomic E-state index is 0.0115. The molecule has 0 aliphatic carbocycles. The Morgan fingerprint density at radius 1 is 1.17 bits per heavy atom. The molecule has 0 aliphatic heterocycles. The smallest absolute Gasteiger partial charge is 0.238 e. The van der Waals surface area contributed by atoms with Gasteiger partial charge >= 0.3 is 0 Å². The Morgan fingerprint density at radius 3 is 2.12 bits per heavy atom. The number of hydrogen-bond acceptors (Lipinski definition) is 5. The van der Waals surface area contributed by atoms with Crippen LogP contribution in [0.5, 0.6) is 0 Å². The predicted octanol–water partition coefficient (Wildman–Crippen LogP) is -0.337. The molecule has 0 heterocycles. The van der Waals surface area contributed by atoms with Gasteiger partial charge in [-0.05, 0) is 38.0 Å². The quantitative estimate of drug-likeness (QED) is 0.641. The lowest BCUT2D eigenvalue weighted by molar-refractivity contribution is -0.121. The van der Waals surface area contributed by atoms with Gasteiger partial charge in [0.25, 0.3) is 0 Å². The Morgan fingerprint density at radius 2 is 1.71 bits per heavy atom. The third-order valence-electron chi connectivity index (χ3n) is 3.14. The van der Waals surface area contributed by atoms with Crippen LogP contribution in [0.3, 0.4) is 0 Å². The molecule has 0 unspecified atom stereocenters. The maximum absolute atomic E-state index is 11.8. The summed E-state index contributed by atoms with van der Waals surface area (Å²) in [5.74, 6) is -0.375. The number of primary sulfonamides is 1. The Labute approximate surface area is 143 Å². The van der Waals surface area contributed by atoms with E-state index >= 15 is 0 Å². The fourth-order valence-corrected chi connectivity index (χ4v) is 3.28. The summed E-state index contributed by atoms with van der Waals surface area (Å²) in [6, 6.07) is 5.77. The van der Waals surface area contributed by atoms with Gasteiger partial charge in [-0.15, -0.1) is 0 Å². The van der Waals surface area contributed by atoms with E-state index in [1.165, 1.54) is 12.1 Å². The Bertz CT molecular complexity index is 771. The first-order chi connectivity index (χ1) is 10.9. The molecule has 0 atom stereocenters. The summed E-state index contributed by atoms with van der Waals surface area (Å²) < 4.78 is 47.1. The summed E-state index contributed by atoms with van der Waals surface area (Å²) in [4.78, 5) is 11.8. The summed E-state index contributed by atoms with van der Waals surface area (Å²) in [5, 5.41) is 7.66. The van der Waals surface area contributed by atoms with Crippen LogP contribution in [-0.4, -0.2) is 52.4 Å². The lowest BCUT2D eigenvalue weighted by Crippen LogP contribution is -2.43. The van der Waals surface area contributed by atoms with Crippen molar-refractivity contribution in [1.29, 1.82) is 0 Å². The molecule has 24 heavy (non-hydrogen) atoms. The van der Waals surface area contributed by atoms with E-state index in [0.29, 0.717) is 6.42 Å². The van der Waals surface area contributed by atoms with E-state index < -0.39 is 20.0 Å². The molecule has 0 saturated heterocycles. The van der Waals surface area contributed by atoms with Crippen LogP contribution in [0.25, 0.3) is 0 Å². The molecule has 0 aliphatic rings. The number of sulfonamides is 2. The SMILES string of the molecule is CC(C)NC(=O)CN(CCc1ccc(S(N)(=O)=O)cc1)S(C)(=O)=O. The predicted molar refractivity (Wildman–Crippen MR) is 91.2 cm³/mol. The maximum Gasteiger partial charge on any atom is 0.238 e. The topological polar surface area (TPSA) is 127 Å². The first-order valence-electron chi connectivity index (χ1n) is 7.26. The number of hydrogen-bond donors (Lipinski definition) is 2. The molecule has 1 rings (SSSR count). The first-order valence-corrected chi connectivity index (χ1v) is 10.7. The number of rotatable bonds is 8. The van der Waals surface area contributed by atoms with E-state index in [-0.39, 0.29) is 29.9 Å². The number of amides is 1. The maximum atomic E-state index is 11.8. The van der Waals surface area contributed by atoms with E-state index in [1.807, 2.05) is 0 Å². The zero-order chi connectivity index (χ0) is 18.5. The van der Waals surface area contributed by atoms with Gasteiger partial charge in [0.1, 0.15) is 0 Å². The van der Waals surface area contributed by atoms with Crippen molar-refractivity contribution in [1.82, 2.24) is 9.62 Å². The van der Waals surface area contributed by atoms with Gasteiger partial charge in [0, 0.05) is 12.6 Å². The van der Waals surface area contributed by atoms with Crippen molar-refractivity contribution in [3.63, 3.8) is 0 Å². The van der Waals surface area contributed by atoms with E-state index in [9.17, 15) is 21.6 Å². The van der Waals surface area contributed by atoms with Gasteiger partial charge in [-0.1, -0.05) is 12.1 Å². The molecule has 1 amide bonds. The molecule has 10 heteroatoms. The molecule has 1 aromatic carbocycles. The van der Waals surface area contributed by atoms with Gasteiger partial charge in [0.2, 0.25) is 26.0 Å². The molecular weight excluding hydrogens is 354 g/mol. The summed E-state index contributed by atoms with van der Waals surface area (Å²) in [7, 11) is -7.30. The van der Waals surface area contributed by atoms with Crippen LogP contribution in [0, 0.1) is 0 Å². The van der Waals surface area contributed by atoms with Gasteiger partial charge in [-0.25, -0.2) is 22.0 Å². The van der Waals surface area contributed by atoms with Crippen LogP contribution in [0.2, 0.25) is 0 Å². The Kier molecular flexibility index (Phi) is 6.90. The van der Waals surface area contributed by atoms with Crippen molar-refractivity contribution in [3.05, 3.63) is 29.8 Å². The molecule has 0 aromatic heterocycles. The van der Waals surface area contributed by atoms with Crippen molar-refractivity contribution >= 4 is 26.0 Å². The average molecular weight is 377 g/mol. The zero-order valence-electron chi connectivity index (χ0n) is 13.9.